The number of aliphatic hydroxyl groups is 1. The highest BCUT2D eigenvalue weighted by atomic mass is 32.1. The summed E-state index contributed by atoms with van der Waals surface area (Å²) >= 11 is 1.64. The molecule has 4 nitrogen and oxygen atoms in total. The van der Waals surface area contributed by atoms with Crippen LogP contribution in [0.15, 0.2) is 41.8 Å². The number of ether oxygens (including phenoxy) is 1. The fraction of sp³-hybridized carbons (Fsp3) is 0.353. The van der Waals surface area contributed by atoms with Crippen LogP contribution in [0.2, 0.25) is 0 Å². The van der Waals surface area contributed by atoms with E-state index in [-0.39, 0.29) is 24.5 Å². The standard InChI is InChI=1S/C17H21NO3S/c1-12(11-19)18-17(20)16(10-15-4-3-9-22-15)13-5-7-14(21-2)8-6-13/h3-9,12,16,19H,10-11H2,1-2H3,(H,18,20)/t12-,16?/m0/s1. The molecule has 2 N–H and O–H groups in total. The number of aliphatic hydroxyl groups excluding tert-OH is 1. The van der Waals surface area contributed by atoms with Crippen LogP contribution in [0, 0.1) is 0 Å². The van der Waals surface area contributed by atoms with Crippen LogP contribution in [0.4, 0.5) is 0 Å². The third-order valence-electron chi connectivity index (χ3n) is 3.48. The van der Waals surface area contributed by atoms with E-state index >= 15 is 0 Å². The van der Waals surface area contributed by atoms with Crippen LogP contribution in [0.1, 0.15) is 23.3 Å². The van der Waals surface area contributed by atoms with Crippen molar-refractivity contribution in [3.63, 3.8) is 0 Å². The van der Waals surface area contributed by atoms with E-state index in [9.17, 15) is 4.79 Å². The quantitative estimate of drug-likeness (QED) is 0.825. The van der Waals surface area contributed by atoms with E-state index < -0.39 is 0 Å². The van der Waals surface area contributed by atoms with E-state index in [1.54, 1.807) is 25.4 Å². The fourth-order valence-corrected chi connectivity index (χ4v) is 2.97. The topological polar surface area (TPSA) is 58.6 Å². The highest BCUT2D eigenvalue weighted by molar-refractivity contribution is 7.09. The lowest BCUT2D eigenvalue weighted by atomic mass is 9.93. The van der Waals surface area contributed by atoms with E-state index in [2.05, 4.69) is 5.32 Å². The molecular formula is C17H21NO3S. The fourth-order valence-electron chi connectivity index (χ4n) is 2.22. The number of nitrogens with one attached hydrogen (secondary N) is 1. The Morgan fingerprint density at radius 2 is 2.05 bits per heavy atom. The Hall–Kier alpha value is -1.85. The molecule has 0 saturated heterocycles. The van der Waals surface area contributed by atoms with E-state index in [4.69, 9.17) is 9.84 Å². The summed E-state index contributed by atoms with van der Waals surface area (Å²) in [7, 11) is 1.62. The Labute approximate surface area is 134 Å². The molecule has 0 bridgehead atoms. The summed E-state index contributed by atoms with van der Waals surface area (Å²) in [6, 6.07) is 11.3. The summed E-state index contributed by atoms with van der Waals surface area (Å²) in [5, 5.41) is 14.0. The van der Waals surface area contributed by atoms with Crippen LogP contribution in [0.5, 0.6) is 5.75 Å². The van der Waals surface area contributed by atoms with Crippen molar-refractivity contribution < 1.29 is 14.6 Å². The molecule has 0 fully saturated rings. The average molecular weight is 319 g/mol. The molecule has 1 unspecified atom stereocenters. The molecule has 22 heavy (non-hydrogen) atoms. The van der Waals surface area contributed by atoms with Gasteiger partial charge in [0.15, 0.2) is 0 Å². The smallest absolute Gasteiger partial charge is 0.228 e. The molecule has 0 aliphatic heterocycles. The Bertz CT molecular complexity index is 580. The van der Waals surface area contributed by atoms with Gasteiger partial charge in [-0.25, -0.2) is 0 Å². The zero-order valence-electron chi connectivity index (χ0n) is 12.8. The van der Waals surface area contributed by atoms with Crippen LogP contribution in [0.25, 0.3) is 0 Å². The third-order valence-corrected chi connectivity index (χ3v) is 4.38. The summed E-state index contributed by atoms with van der Waals surface area (Å²) in [4.78, 5) is 13.7. The number of methoxy groups -OCH3 is 1. The largest absolute Gasteiger partial charge is 0.497 e. The molecule has 1 heterocycles. The Balaban J connectivity index is 2.21. The molecule has 2 rings (SSSR count). The minimum absolute atomic E-state index is 0.0693. The Morgan fingerprint density at radius 3 is 2.59 bits per heavy atom. The van der Waals surface area contributed by atoms with Crippen LogP contribution >= 0.6 is 11.3 Å². The summed E-state index contributed by atoms with van der Waals surface area (Å²) in [5.41, 5.74) is 0.942. The molecule has 118 valence electrons. The minimum Gasteiger partial charge on any atom is -0.497 e. The second kappa shape index (κ2) is 7.96. The summed E-state index contributed by atoms with van der Waals surface area (Å²) < 4.78 is 5.17. The predicted molar refractivity (Wildman–Crippen MR) is 88.4 cm³/mol. The van der Waals surface area contributed by atoms with Gasteiger partial charge in [-0.3, -0.25) is 4.79 Å². The van der Waals surface area contributed by atoms with Crippen molar-refractivity contribution >= 4 is 17.2 Å². The number of thiophene rings is 1. The van der Waals surface area contributed by atoms with E-state index in [0.29, 0.717) is 6.42 Å². The molecule has 1 aromatic heterocycles. The summed E-state index contributed by atoms with van der Waals surface area (Å²) in [6.07, 6.45) is 0.647. The number of amides is 1. The second-order valence-corrected chi connectivity index (χ2v) is 6.23. The van der Waals surface area contributed by atoms with Gasteiger partial charge in [-0.2, -0.15) is 0 Å². The number of hydrogen-bond donors (Lipinski definition) is 2. The zero-order valence-corrected chi connectivity index (χ0v) is 13.6. The Kier molecular flexibility index (Phi) is 5.98. The number of carbonyl (C=O) groups is 1. The summed E-state index contributed by atoms with van der Waals surface area (Å²) in [6.45, 7) is 1.72. The number of carbonyl (C=O) groups excluding carboxylic acids is 1. The first-order valence-electron chi connectivity index (χ1n) is 7.21. The number of rotatable bonds is 7. The first-order chi connectivity index (χ1) is 10.6. The summed E-state index contributed by atoms with van der Waals surface area (Å²) in [5.74, 6) is 0.418. The van der Waals surface area contributed by atoms with Gasteiger partial charge in [0.1, 0.15) is 5.75 Å². The number of hydrogen-bond acceptors (Lipinski definition) is 4. The van der Waals surface area contributed by atoms with Crippen molar-refractivity contribution in [3.8, 4) is 5.75 Å². The molecule has 1 amide bonds. The molecule has 0 saturated carbocycles. The highest BCUT2D eigenvalue weighted by Gasteiger charge is 2.22. The monoisotopic (exact) mass is 319 g/mol. The maximum absolute atomic E-state index is 12.5. The highest BCUT2D eigenvalue weighted by Crippen LogP contribution is 2.25. The predicted octanol–water partition coefficient (Wildman–Crippen LogP) is 2.58. The lowest BCUT2D eigenvalue weighted by Crippen LogP contribution is -2.38. The molecule has 1 aromatic carbocycles. The third kappa shape index (κ3) is 4.32. The van der Waals surface area contributed by atoms with Gasteiger partial charge in [0.2, 0.25) is 5.91 Å². The van der Waals surface area contributed by atoms with Crippen molar-refractivity contribution in [2.75, 3.05) is 13.7 Å². The zero-order chi connectivity index (χ0) is 15.9. The molecular weight excluding hydrogens is 298 g/mol. The van der Waals surface area contributed by atoms with Crippen LogP contribution in [-0.4, -0.2) is 30.8 Å². The second-order valence-electron chi connectivity index (χ2n) is 5.20. The lowest BCUT2D eigenvalue weighted by Gasteiger charge is -2.19. The van der Waals surface area contributed by atoms with Crippen molar-refractivity contribution in [2.45, 2.75) is 25.3 Å². The molecule has 0 aliphatic carbocycles. The van der Waals surface area contributed by atoms with Crippen LogP contribution < -0.4 is 10.1 Å². The van der Waals surface area contributed by atoms with Gasteiger partial charge in [-0.05, 0) is 42.5 Å². The van der Waals surface area contributed by atoms with Crippen LogP contribution in [0.3, 0.4) is 0 Å². The average Bonchev–Trinajstić information content (AvgIpc) is 3.05. The van der Waals surface area contributed by atoms with Crippen LogP contribution in [-0.2, 0) is 11.2 Å². The molecule has 0 radical (unpaired) electrons. The SMILES string of the molecule is COc1ccc(C(Cc2cccs2)C(=O)N[C@@H](C)CO)cc1. The van der Waals surface area contributed by atoms with Gasteiger partial charge in [0, 0.05) is 10.9 Å². The van der Waals surface area contributed by atoms with Gasteiger partial charge in [-0.1, -0.05) is 18.2 Å². The molecule has 0 spiro atoms. The van der Waals surface area contributed by atoms with Crippen molar-refractivity contribution in [1.29, 1.82) is 0 Å². The van der Waals surface area contributed by atoms with Crippen molar-refractivity contribution in [2.24, 2.45) is 0 Å². The molecule has 5 heteroatoms. The molecule has 2 atom stereocenters. The first-order valence-corrected chi connectivity index (χ1v) is 8.09. The maximum atomic E-state index is 12.5. The van der Waals surface area contributed by atoms with E-state index in [1.807, 2.05) is 41.8 Å². The van der Waals surface area contributed by atoms with E-state index in [1.165, 1.54) is 0 Å². The van der Waals surface area contributed by atoms with Gasteiger partial charge < -0.3 is 15.2 Å². The maximum Gasteiger partial charge on any atom is 0.228 e. The van der Waals surface area contributed by atoms with Gasteiger partial charge in [-0.15, -0.1) is 11.3 Å². The number of benzene rings is 1. The van der Waals surface area contributed by atoms with Crippen molar-refractivity contribution in [1.82, 2.24) is 5.32 Å². The molecule has 2 aromatic rings. The van der Waals surface area contributed by atoms with E-state index in [0.717, 1.165) is 16.2 Å². The minimum atomic E-state index is -0.279. The molecule has 0 aliphatic rings. The normalized spacial score (nSPS) is 13.4. The van der Waals surface area contributed by atoms with Gasteiger partial charge >= 0.3 is 0 Å². The van der Waals surface area contributed by atoms with Gasteiger partial charge in [0.05, 0.1) is 19.6 Å². The Morgan fingerprint density at radius 1 is 1.32 bits per heavy atom. The van der Waals surface area contributed by atoms with Crippen molar-refractivity contribution in [3.05, 3.63) is 52.2 Å². The first kappa shape index (κ1) is 16.5. The lowest BCUT2D eigenvalue weighted by molar-refractivity contribution is -0.123. The van der Waals surface area contributed by atoms with Gasteiger partial charge in [0.25, 0.3) is 0 Å².